The van der Waals surface area contributed by atoms with Crippen molar-refractivity contribution in [2.75, 3.05) is 47.5 Å². The van der Waals surface area contributed by atoms with Crippen LogP contribution in [-0.2, 0) is 33.3 Å². The van der Waals surface area contributed by atoms with Crippen molar-refractivity contribution in [2.45, 2.75) is 277 Å². The summed E-state index contributed by atoms with van der Waals surface area (Å²) in [5.41, 5.74) is 0. The van der Waals surface area contributed by atoms with Gasteiger partial charge in [0.15, 0.2) is 12.4 Å². The number of unbranched alkanes of at least 4 members (excludes halogenated alkanes) is 32. The van der Waals surface area contributed by atoms with Gasteiger partial charge in [-0.25, -0.2) is 0 Å². The largest absolute Gasteiger partial charge is 0.545 e. The van der Waals surface area contributed by atoms with E-state index in [0.717, 1.165) is 57.8 Å². The Bertz CT molecular complexity index is 1210. The molecule has 0 aliphatic heterocycles. The van der Waals surface area contributed by atoms with Gasteiger partial charge in [0.2, 0.25) is 0 Å². The predicted molar refractivity (Wildman–Crippen MR) is 283 cm³/mol. The van der Waals surface area contributed by atoms with Gasteiger partial charge >= 0.3 is 11.9 Å². The highest BCUT2D eigenvalue weighted by Crippen LogP contribution is 2.17. The van der Waals surface area contributed by atoms with E-state index in [-0.39, 0.29) is 32.2 Å². The van der Waals surface area contributed by atoms with Crippen LogP contribution in [0.25, 0.3) is 0 Å². The van der Waals surface area contributed by atoms with Crippen LogP contribution < -0.4 is 5.11 Å². The van der Waals surface area contributed by atoms with Crippen LogP contribution >= 0.6 is 0 Å². The smallest absolute Gasteiger partial charge is 0.306 e. The predicted octanol–water partition coefficient (Wildman–Crippen LogP) is 15.2. The molecule has 0 aliphatic rings. The van der Waals surface area contributed by atoms with Crippen molar-refractivity contribution in [3.05, 3.63) is 36.5 Å². The molecule has 9 nitrogen and oxygen atoms in total. The first-order valence-electron chi connectivity index (χ1n) is 28.6. The SMILES string of the molecule is CCCCCCC/C=C\C/C=C\C/C=C\CCCCCCCCCCCCCCCCCCCCCCCCC(=O)OC(COC(=O)CCCCCCCC)COC(OCC[N+](C)(C)C)C(=O)[O-]. The number of ether oxygens (including phenoxy) is 4. The van der Waals surface area contributed by atoms with Crippen LogP contribution in [0.5, 0.6) is 0 Å². The zero-order valence-corrected chi connectivity index (χ0v) is 45.2. The number of carbonyl (C=O) groups excluding carboxylic acids is 3. The van der Waals surface area contributed by atoms with E-state index in [1.54, 1.807) is 0 Å². The second-order valence-corrected chi connectivity index (χ2v) is 20.6. The molecule has 0 spiro atoms. The van der Waals surface area contributed by atoms with E-state index in [2.05, 4.69) is 50.3 Å². The van der Waals surface area contributed by atoms with Crippen molar-refractivity contribution in [1.82, 2.24) is 0 Å². The van der Waals surface area contributed by atoms with Crippen LogP contribution in [0.1, 0.15) is 264 Å². The first kappa shape index (κ1) is 65.5. The second-order valence-electron chi connectivity index (χ2n) is 20.6. The van der Waals surface area contributed by atoms with Gasteiger partial charge in [-0.3, -0.25) is 9.59 Å². The molecular formula is C59H109NO8. The van der Waals surface area contributed by atoms with E-state index in [4.69, 9.17) is 18.9 Å². The summed E-state index contributed by atoms with van der Waals surface area (Å²) in [6, 6.07) is 0. The molecule has 0 heterocycles. The number of hydrogen-bond donors (Lipinski definition) is 0. The van der Waals surface area contributed by atoms with E-state index in [0.29, 0.717) is 17.4 Å². The molecule has 0 aromatic heterocycles. The molecule has 0 bridgehead atoms. The first-order valence-corrected chi connectivity index (χ1v) is 28.6. The number of allylic oxidation sites excluding steroid dienone is 6. The molecule has 0 amide bonds. The number of nitrogens with zero attached hydrogens (tertiary/aromatic N) is 1. The van der Waals surface area contributed by atoms with Gasteiger partial charge in [-0.1, -0.05) is 237 Å². The molecule has 0 N–H and O–H groups in total. The van der Waals surface area contributed by atoms with Crippen molar-refractivity contribution in [2.24, 2.45) is 0 Å². The van der Waals surface area contributed by atoms with Crippen LogP contribution in [-0.4, -0.2) is 82.3 Å². The number of rotatable bonds is 53. The summed E-state index contributed by atoms with van der Waals surface area (Å²) < 4.78 is 22.5. The summed E-state index contributed by atoms with van der Waals surface area (Å²) >= 11 is 0. The Morgan fingerprint density at radius 1 is 0.441 bits per heavy atom. The Hall–Kier alpha value is -2.49. The van der Waals surface area contributed by atoms with E-state index in [9.17, 15) is 19.5 Å². The molecule has 2 atom stereocenters. The average Bonchev–Trinajstić information content (AvgIpc) is 3.30. The fourth-order valence-corrected chi connectivity index (χ4v) is 8.19. The lowest BCUT2D eigenvalue weighted by molar-refractivity contribution is -0.870. The molecule has 0 aliphatic carbocycles. The highest BCUT2D eigenvalue weighted by molar-refractivity contribution is 5.70. The highest BCUT2D eigenvalue weighted by Gasteiger charge is 2.22. The third-order valence-corrected chi connectivity index (χ3v) is 12.6. The zero-order valence-electron chi connectivity index (χ0n) is 45.2. The monoisotopic (exact) mass is 960 g/mol. The molecule has 9 heteroatoms. The minimum atomic E-state index is -1.61. The third kappa shape index (κ3) is 51.4. The molecule has 0 aromatic rings. The lowest BCUT2D eigenvalue weighted by atomic mass is 10.0. The molecule has 0 saturated heterocycles. The molecular weight excluding hydrogens is 851 g/mol. The number of likely N-dealkylation sites (N-methyl/N-ethyl adjacent to an activating group) is 1. The lowest BCUT2D eigenvalue weighted by Gasteiger charge is -2.26. The number of esters is 2. The Labute approximate surface area is 420 Å². The van der Waals surface area contributed by atoms with Crippen LogP contribution in [0.2, 0.25) is 0 Å². The summed E-state index contributed by atoms with van der Waals surface area (Å²) in [4.78, 5) is 36.8. The Morgan fingerprint density at radius 2 is 0.794 bits per heavy atom. The molecule has 0 fully saturated rings. The van der Waals surface area contributed by atoms with Gasteiger partial charge < -0.3 is 33.3 Å². The number of carboxylic acids is 1. The summed E-state index contributed by atoms with van der Waals surface area (Å²) in [6.45, 7) is 4.68. The molecule has 0 rings (SSSR count). The second kappa shape index (κ2) is 50.9. The topological polar surface area (TPSA) is 111 Å². The number of hydrogen-bond acceptors (Lipinski definition) is 8. The maximum Gasteiger partial charge on any atom is 0.306 e. The lowest BCUT2D eigenvalue weighted by Crippen LogP contribution is -2.44. The summed E-state index contributed by atoms with van der Waals surface area (Å²) in [6.07, 6.45) is 58.3. The fraction of sp³-hybridized carbons (Fsp3) is 0.847. The van der Waals surface area contributed by atoms with Crippen LogP contribution in [0.15, 0.2) is 36.5 Å². The van der Waals surface area contributed by atoms with E-state index < -0.39 is 24.3 Å². The molecule has 0 saturated carbocycles. The summed E-state index contributed by atoms with van der Waals surface area (Å²) in [5.74, 6) is -2.28. The summed E-state index contributed by atoms with van der Waals surface area (Å²) in [7, 11) is 5.91. The van der Waals surface area contributed by atoms with Gasteiger partial charge in [0, 0.05) is 12.8 Å². The van der Waals surface area contributed by atoms with Crippen molar-refractivity contribution in [3.63, 3.8) is 0 Å². The highest BCUT2D eigenvalue weighted by atomic mass is 16.7. The van der Waals surface area contributed by atoms with Gasteiger partial charge in [0.1, 0.15) is 13.2 Å². The Balaban J connectivity index is 3.84. The van der Waals surface area contributed by atoms with Crippen molar-refractivity contribution in [3.8, 4) is 0 Å². The normalized spacial score (nSPS) is 13.0. The average molecular weight is 961 g/mol. The van der Waals surface area contributed by atoms with Crippen molar-refractivity contribution in [1.29, 1.82) is 0 Å². The fourth-order valence-electron chi connectivity index (χ4n) is 8.19. The first-order chi connectivity index (χ1) is 33.1. The maximum atomic E-state index is 12.8. The van der Waals surface area contributed by atoms with Crippen molar-refractivity contribution < 1.29 is 42.9 Å². The summed E-state index contributed by atoms with van der Waals surface area (Å²) in [5, 5.41) is 11.7. The van der Waals surface area contributed by atoms with Crippen LogP contribution in [0.4, 0.5) is 0 Å². The Morgan fingerprint density at radius 3 is 1.18 bits per heavy atom. The van der Waals surface area contributed by atoms with Gasteiger partial charge in [0.05, 0.1) is 40.3 Å². The molecule has 2 unspecified atom stereocenters. The van der Waals surface area contributed by atoms with Gasteiger partial charge in [-0.05, 0) is 51.4 Å². The number of carbonyl (C=O) groups is 3. The molecule has 0 radical (unpaired) electrons. The Kier molecular flexibility index (Phi) is 49.0. The van der Waals surface area contributed by atoms with E-state index in [1.165, 1.54) is 180 Å². The van der Waals surface area contributed by atoms with E-state index in [1.807, 2.05) is 21.1 Å². The number of quaternary nitrogens is 1. The minimum Gasteiger partial charge on any atom is -0.545 e. The molecule has 0 aromatic carbocycles. The van der Waals surface area contributed by atoms with Crippen molar-refractivity contribution >= 4 is 17.9 Å². The molecule has 398 valence electrons. The standard InChI is InChI=1S/C59H109NO8/c1-6-8-10-12-14-15-16-17-18-19-20-21-22-23-24-25-26-27-28-29-30-31-32-33-34-35-36-37-38-39-40-41-42-43-44-46-48-50-57(62)68-55(53-66-56(61)49-47-45-13-11-9-7-2)54-67-59(58(63)64)65-52-51-60(3,4)5/h16-17,19-20,22-23,55,59H,6-15,18,21,24-54H2,1-5H3/b17-16-,20-19-,23-22-. The molecule has 68 heavy (non-hydrogen) atoms. The number of carboxylic acid groups (broad SMARTS) is 1. The number of aliphatic carboxylic acids is 1. The van der Waals surface area contributed by atoms with Gasteiger partial charge in [-0.15, -0.1) is 0 Å². The van der Waals surface area contributed by atoms with Gasteiger partial charge in [-0.2, -0.15) is 0 Å². The zero-order chi connectivity index (χ0) is 49.9. The quantitative estimate of drug-likeness (QED) is 0.0195. The minimum absolute atomic E-state index is 0.150. The van der Waals surface area contributed by atoms with Gasteiger partial charge in [0.25, 0.3) is 0 Å². The van der Waals surface area contributed by atoms with E-state index >= 15 is 0 Å². The van der Waals surface area contributed by atoms with Crippen LogP contribution in [0.3, 0.4) is 0 Å². The van der Waals surface area contributed by atoms with Crippen LogP contribution in [0, 0.1) is 0 Å². The maximum absolute atomic E-state index is 12.8. The third-order valence-electron chi connectivity index (χ3n) is 12.6.